The van der Waals surface area contributed by atoms with Crippen LogP contribution >= 0.6 is 41.2 Å². The molecular weight excluding hydrogens is 346 g/mol. The van der Waals surface area contributed by atoms with Crippen molar-refractivity contribution in [3.8, 4) is 0 Å². The van der Waals surface area contributed by atoms with Crippen LogP contribution in [0, 0.1) is 0 Å². The Bertz CT molecular complexity index is 154. The SMILES string of the molecule is C[S][Sb]([S]C)[C](C)(C)SC1CSC1. The van der Waals surface area contributed by atoms with E-state index in [0.717, 1.165) is 5.25 Å². The summed E-state index contributed by atoms with van der Waals surface area (Å²) in [5, 5.41) is 0.964. The first-order valence-corrected chi connectivity index (χ1v) is 16.2. The van der Waals surface area contributed by atoms with Crippen molar-refractivity contribution in [3.05, 3.63) is 0 Å². The standard InChI is InChI=1S/C6H11S2.2CH4S.Sb/c1-5(2)8-6-3-7-4-6;2*1-2;/h6H,3-4H2,1-2H3;2*2H,1H3;/q;;;+2/p-2. The van der Waals surface area contributed by atoms with E-state index >= 15 is 0 Å². The number of hydrogen-bond acceptors (Lipinski definition) is 4. The summed E-state index contributed by atoms with van der Waals surface area (Å²) in [6.07, 6.45) is 4.61. The van der Waals surface area contributed by atoms with E-state index in [4.69, 9.17) is 0 Å². The van der Waals surface area contributed by atoms with Gasteiger partial charge in [0.05, 0.1) is 0 Å². The third-order valence-electron chi connectivity index (χ3n) is 1.83. The molecule has 5 heteroatoms. The Labute approximate surface area is 103 Å². The fraction of sp³-hybridized carbons (Fsp3) is 1.00. The molecule has 13 heavy (non-hydrogen) atoms. The van der Waals surface area contributed by atoms with Gasteiger partial charge < -0.3 is 0 Å². The molecule has 1 aliphatic heterocycles. The van der Waals surface area contributed by atoms with Crippen molar-refractivity contribution in [3.63, 3.8) is 0 Å². The van der Waals surface area contributed by atoms with Crippen LogP contribution in [-0.4, -0.2) is 49.4 Å². The van der Waals surface area contributed by atoms with E-state index in [9.17, 15) is 0 Å². The Morgan fingerprint density at radius 3 is 2.08 bits per heavy atom. The molecule has 0 aromatic heterocycles. The molecule has 0 aliphatic carbocycles. The fourth-order valence-electron chi connectivity index (χ4n) is 1.25. The Hall–Kier alpha value is 2.22. The van der Waals surface area contributed by atoms with Gasteiger partial charge in [-0.15, -0.1) is 0 Å². The van der Waals surface area contributed by atoms with Crippen LogP contribution < -0.4 is 0 Å². The average Bonchev–Trinajstić information content (AvgIpc) is 1.99. The first kappa shape index (κ1) is 13.3. The van der Waals surface area contributed by atoms with Gasteiger partial charge in [0.2, 0.25) is 0 Å². The van der Waals surface area contributed by atoms with Crippen molar-refractivity contribution in [1.29, 1.82) is 0 Å². The average molecular weight is 363 g/mol. The van der Waals surface area contributed by atoms with Crippen LogP contribution in [0.4, 0.5) is 0 Å². The molecule has 1 fully saturated rings. The Balaban J connectivity index is 2.41. The van der Waals surface area contributed by atoms with Crippen molar-refractivity contribution in [2.75, 3.05) is 24.0 Å². The van der Waals surface area contributed by atoms with Gasteiger partial charge in [0.25, 0.3) is 0 Å². The van der Waals surface area contributed by atoms with Crippen LogP contribution in [0.3, 0.4) is 0 Å². The van der Waals surface area contributed by atoms with Crippen LogP contribution in [0.2, 0.25) is 0 Å². The molecule has 0 amide bonds. The molecule has 0 nitrogen and oxygen atoms in total. The predicted octanol–water partition coefficient (Wildman–Crippen LogP) is 3.37. The van der Waals surface area contributed by atoms with Crippen molar-refractivity contribution in [2.45, 2.75) is 21.8 Å². The Kier molecular flexibility index (Phi) is 6.21. The Morgan fingerprint density at radius 1 is 1.23 bits per heavy atom. The molecule has 1 aliphatic rings. The van der Waals surface area contributed by atoms with Gasteiger partial charge in [0.1, 0.15) is 0 Å². The van der Waals surface area contributed by atoms with Crippen molar-refractivity contribution in [2.24, 2.45) is 0 Å². The molecule has 78 valence electrons. The molecule has 0 bridgehead atoms. The van der Waals surface area contributed by atoms with Gasteiger partial charge in [-0.1, -0.05) is 0 Å². The number of rotatable bonds is 5. The maximum atomic E-state index is 2.47. The molecule has 0 saturated carbocycles. The molecule has 0 radical (unpaired) electrons. The molecule has 1 heterocycles. The molecule has 0 atom stereocenters. The summed E-state index contributed by atoms with van der Waals surface area (Å²) in [5.41, 5.74) is 0. The molecule has 0 spiro atoms. The van der Waals surface area contributed by atoms with Gasteiger partial charge in [0.15, 0.2) is 0 Å². The summed E-state index contributed by atoms with van der Waals surface area (Å²) in [6, 6.07) is 0. The van der Waals surface area contributed by atoms with Crippen molar-refractivity contribution >= 4 is 58.6 Å². The fourth-order valence-corrected chi connectivity index (χ4v) is 23.3. The topological polar surface area (TPSA) is 0 Å². The summed E-state index contributed by atoms with van der Waals surface area (Å²) in [6.45, 7) is 4.94. The molecular formula is C8H17S4Sb. The van der Waals surface area contributed by atoms with Gasteiger partial charge in [0, 0.05) is 0 Å². The van der Waals surface area contributed by atoms with Crippen LogP contribution in [0.1, 0.15) is 13.8 Å². The number of hydrogen-bond donors (Lipinski definition) is 0. The number of thioether (sulfide) groups is 2. The first-order valence-electron chi connectivity index (χ1n) is 4.24. The van der Waals surface area contributed by atoms with Crippen LogP contribution in [0.25, 0.3) is 0 Å². The van der Waals surface area contributed by atoms with Gasteiger partial charge in [-0.2, -0.15) is 0 Å². The van der Waals surface area contributed by atoms with E-state index in [2.05, 4.69) is 67.6 Å². The summed E-state index contributed by atoms with van der Waals surface area (Å²) in [5.74, 6) is 2.79. The second kappa shape index (κ2) is 6.08. The summed E-state index contributed by atoms with van der Waals surface area (Å²) >= 11 is 3.27. The van der Waals surface area contributed by atoms with E-state index < -0.39 is 17.4 Å². The van der Waals surface area contributed by atoms with E-state index in [-0.39, 0.29) is 0 Å². The van der Waals surface area contributed by atoms with E-state index in [1.807, 2.05) is 0 Å². The third-order valence-corrected chi connectivity index (χ3v) is 29.4. The zero-order valence-corrected chi connectivity index (χ0v) is 14.4. The van der Waals surface area contributed by atoms with Crippen LogP contribution in [0.5, 0.6) is 0 Å². The first-order chi connectivity index (χ1) is 6.10. The van der Waals surface area contributed by atoms with Crippen LogP contribution in [0.15, 0.2) is 0 Å². The monoisotopic (exact) mass is 362 g/mol. The van der Waals surface area contributed by atoms with Gasteiger partial charge in [-0.3, -0.25) is 0 Å². The summed E-state index contributed by atoms with van der Waals surface area (Å²) < 4.78 is 0.604. The zero-order valence-electron chi connectivity index (χ0n) is 8.57. The zero-order chi connectivity index (χ0) is 9.90. The second-order valence-corrected chi connectivity index (χ2v) is 25.3. The quantitative estimate of drug-likeness (QED) is 0.687. The summed E-state index contributed by atoms with van der Waals surface area (Å²) in [4.78, 5) is 0. The molecule has 0 aromatic carbocycles. The van der Waals surface area contributed by atoms with Crippen LogP contribution in [-0.2, 0) is 0 Å². The molecule has 0 aromatic rings. The van der Waals surface area contributed by atoms with Gasteiger partial charge in [-0.05, 0) is 0 Å². The third kappa shape index (κ3) is 3.94. The molecule has 1 rings (SSSR count). The van der Waals surface area contributed by atoms with E-state index in [0.29, 0.717) is 2.69 Å². The van der Waals surface area contributed by atoms with Crippen molar-refractivity contribution < 1.29 is 0 Å². The second-order valence-electron chi connectivity index (χ2n) is 3.35. The summed E-state index contributed by atoms with van der Waals surface area (Å²) in [7, 11) is 4.34. The molecule has 1 saturated heterocycles. The normalized spacial score (nSPS) is 19.2. The van der Waals surface area contributed by atoms with Crippen molar-refractivity contribution in [1.82, 2.24) is 0 Å². The Morgan fingerprint density at radius 2 is 1.77 bits per heavy atom. The maximum absolute atomic E-state index is 2.47. The predicted molar refractivity (Wildman–Crippen MR) is 75.6 cm³/mol. The van der Waals surface area contributed by atoms with E-state index in [1.54, 1.807) is 0 Å². The molecule has 0 N–H and O–H groups in total. The molecule has 0 unspecified atom stereocenters. The van der Waals surface area contributed by atoms with E-state index in [1.165, 1.54) is 11.5 Å². The minimum absolute atomic E-state index is 0.604. The minimum atomic E-state index is -1.09. The van der Waals surface area contributed by atoms with Gasteiger partial charge >= 0.3 is 104 Å². The van der Waals surface area contributed by atoms with Gasteiger partial charge in [-0.25, -0.2) is 0 Å².